The van der Waals surface area contributed by atoms with Crippen LogP contribution in [0.15, 0.2) is 41.4 Å². The summed E-state index contributed by atoms with van der Waals surface area (Å²) in [6.07, 6.45) is 1.52. The van der Waals surface area contributed by atoms with E-state index >= 15 is 0 Å². The lowest BCUT2D eigenvalue weighted by Crippen LogP contribution is -1.96. The predicted octanol–water partition coefficient (Wildman–Crippen LogP) is 3.01. The van der Waals surface area contributed by atoms with Gasteiger partial charge < -0.3 is 5.11 Å². The SMILES string of the molecule is Oc1cc(CSc2cccc(F)c2F)nc2ccnn12. The van der Waals surface area contributed by atoms with Gasteiger partial charge in [-0.2, -0.15) is 9.61 Å². The fourth-order valence-electron chi connectivity index (χ4n) is 1.77. The summed E-state index contributed by atoms with van der Waals surface area (Å²) in [7, 11) is 0. The third-order valence-corrected chi connectivity index (χ3v) is 3.75. The lowest BCUT2D eigenvalue weighted by atomic mass is 10.3. The quantitative estimate of drug-likeness (QED) is 0.754. The van der Waals surface area contributed by atoms with Crippen molar-refractivity contribution in [2.24, 2.45) is 0 Å². The summed E-state index contributed by atoms with van der Waals surface area (Å²) in [6, 6.07) is 7.12. The summed E-state index contributed by atoms with van der Waals surface area (Å²) in [4.78, 5) is 4.47. The van der Waals surface area contributed by atoms with Crippen LogP contribution in [0.2, 0.25) is 0 Å². The van der Waals surface area contributed by atoms with Gasteiger partial charge in [-0.05, 0) is 12.1 Å². The van der Waals surface area contributed by atoms with Crippen LogP contribution in [0.5, 0.6) is 5.88 Å². The molecule has 0 atom stereocenters. The van der Waals surface area contributed by atoms with Crippen LogP contribution in [-0.2, 0) is 5.75 Å². The molecule has 2 aromatic heterocycles. The van der Waals surface area contributed by atoms with Crippen LogP contribution in [0, 0.1) is 11.6 Å². The maximum atomic E-state index is 13.5. The molecule has 4 nitrogen and oxygen atoms in total. The Morgan fingerprint density at radius 2 is 2.10 bits per heavy atom. The monoisotopic (exact) mass is 293 g/mol. The normalized spacial score (nSPS) is 11.1. The molecule has 0 bridgehead atoms. The van der Waals surface area contributed by atoms with Crippen molar-refractivity contribution in [3.8, 4) is 5.88 Å². The molecule has 0 spiro atoms. The Morgan fingerprint density at radius 1 is 1.25 bits per heavy atom. The van der Waals surface area contributed by atoms with E-state index in [1.165, 1.54) is 28.9 Å². The lowest BCUT2D eigenvalue weighted by Gasteiger charge is -2.05. The van der Waals surface area contributed by atoms with Crippen LogP contribution in [0.4, 0.5) is 8.78 Å². The van der Waals surface area contributed by atoms with Crippen molar-refractivity contribution in [1.82, 2.24) is 14.6 Å². The topological polar surface area (TPSA) is 50.4 Å². The van der Waals surface area contributed by atoms with Gasteiger partial charge in [0.2, 0.25) is 5.88 Å². The number of fused-ring (bicyclic) bond motifs is 1. The second-order valence-electron chi connectivity index (χ2n) is 4.05. The molecule has 3 aromatic rings. The van der Waals surface area contributed by atoms with Gasteiger partial charge in [0.05, 0.1) is 11.9 Å². The lowest BCUT2D eigenvalue weighted by molar-refractivity contribution is 0.434. The fraction of sp³-hybridized carbons (Fsp3) is 0.0769. The molecule has 0 aliphatic carbocycles. The number of aromatic nitrogens is 3. The summed E-state index contributed by atoms with van der Waals surface area (Å²) in [5.74, 6) is -1.48. The van der Waals surface area contributed by atoms with Crippen LogP contribution < -0.4 is 0 Å². The number of hydrogen-bond acceptors (Lipinski definition) is 4. The van der Waals surface area contributed by atoms with E-state index in [2.05, 4.69) is 10.1 Å². The Labute approximate surface area is 117 Å². The summed E-state index contributed by atoms with van der Waals surface area (Å²) < 4.78 is 27.9. The summed E-state index contributed by atoms with van der Waals surface area (Å²) in [6.45, 7) is 0. The summed E-state index contributed by atoms with van der Waals surface area (Å²) >= 11 is 1.12. The van der Waals surface area contributed by atoms with E-state index in [9.17, 15) is 13.9 Å². The van der Waals surface area contributed by atoms with Gasteiger partial charge in [-0.25, -0.2) is 13.8 Å². The number of rotatable bonds is 3. The maximum absolute atomic E-state index is 13.5. The highest BCUT2D eigenvalue weighted by Gasteiger charge is 2.10. The van der Waals surface area contributed by atoms with Gasteiger partial charge >= 0.3 is 0 Å². The Bertz CT molecular complexity index is 775. The molecule has 1 aromatic carbocycles. The van der Waals surface area contributed by atoms with E-state index in [0.717, 1.165) is 17.8 Å². The first-order valence-electron chi connectivity index (χ1n) is 5.74. The van der Waals surface area contributed by atoms with Crippen molar-refractivity contribution in [2.45, 2.75) is 10.6 Å². The molecule has 0 amide bonds. The molecule has 3 rings (SSSR count). The molecule has 0 radical (unpaired) electrons. The van der Waals surface area contributed by atoms with Crippen molar-refractivity contribution in [2.75, 3.05) is 0 Å². The molecule has 2 heterocycles. The van der Waals surface area contributed by atoms with Crippen molar-refractivity contribution in [1.29, 1.82) is 0 Å². The third-order valence-electron chi connectivity index (χ3n) is 2.69. The molecule has 0 aliphatic rings. The van der Waals surface area contributed by atoms with Crippen molar-refractivity contribution >= 4 is 17.4 Å². The summed E-state index contributed by atoms with van der Waals surface area (Å²) in [5.41, 5.74) is 1.06. The molecular formula is C13H9F2N3OS. The number of thioether (sulfide) groups is 1. The standard InChI is InChI=1S/C13H9F2N3OS/c14-9-2-1-3-10(13(9)15)20-7-8-6-12(19)18-11(17-8)4-5-16-18/h1-6,19H,7H2. The highest BCUT2D eigenvalue weighted by Crippen LogP contribution is 2.27. The Kier molecular flexibility index (Phi) is 3.27. The Balaban J connectivity index is 1.84. The average Bonchev–Trinajstić information content (AvgIpc) is 2.89. The zero-order valence-corrected chi connectivity index (χ0v) is 10.9. The van der Waals surface area contributed by atoms with Crippen LogP contribution in [-0.4, -0.2) is 19.7 Å². The molecule has 0 unspecified atom stereocenters. The van der Waals surface area contributed by atoms with E-state index < -0.39 is 11.6 Å². The summed E-state index contributed by atoms with van der Waals surface area (Å²) in [5, 5.41) is 13.6. The van der Waals surface area contributed by atoms with E-state index in [1.54, 1.807) is 6.07 Å². The number of benzene rings is 1. The number of nitrogens with zero attached hydrogens (tertiary/aromatic N) is 3. The highest BCUT2D eigenvalue weighted by atomic mass is 32.2. The molecule has 0 aliphatic heterocycles. The van der Waals surface area contributed by atoms with Crippen LogP contribution in [0.1, 0.15) is 5.69 Å². The first-order chi connectivity index (χ1) is 9.65. The zero-order chi connectivity index (χ0) is 14.1. The molecule has 7 heteroatoms. The molecule has 0 saturated carbocycles. The van der Waals surface area contributed by atoms with E-state index in [0.29, 0.717) is 17.1 Å². The van der Waals surface area contributed by atoms with Gasteiger partial charge in [0.1, 0.15) is 0 Å². The van der Waals surface area contributed by atoms with Crippen LogP contribution in [0.25, 0.3) is 5.65 Å². The minimum Gasteiger partial charge on any atom is -0.493 e. The van der Waals surface area contributed by atoms with Gasteiger partial charge in [0.15, 0.2) is 17.3 Å². The Morgan fingerprint density at radius 3 is 2.95 bits per heavy atom. The van der Waals surface area contributed by atoms with E-state index in [4.69, 9.17) is 0 Å². The second-order valence-corrected chi connectivity index (χ2v) is 5.06. The number of hydrogen-bond donors (Lipinski definition) is 1. The van der Waals surface area contributed by atoms with E-state index in [-0.39, 0.29) is 10.8 Å². The van der Waals surface area contributed by atoms with Crippen LogP contribution in [0.3, 0.4) is 0 Å². The number of halogens is 2. The van der Waals surface area contributed by atoms with Crippen molar-refractivity contribution < 1.29 is 13.9 Å². The molecule has 1 N–H and O–H groups in total. The fourth-order valence-corrected chi connectivity index (χ4v) is 2.62. The molecule has 102 valence electrons. The predicted molar refractivity (Wildman–Crippen MR) is 70.6 cm³/mol. The third kappa shape index (κ3) is 2.32. The Hall–Kier alpha value is -2.15. The van der Waals surface area contributed by atoms with E-state index in [1.807, 2.05) is 0 Å². The molecular weight excluding hydrogens is 284 g/mol. The molecule has 0 saturated heterocycles. The van der Waals surface area contributed by atoms with Crippen LogP contribution >= 0.6 is 11.8 Å². The number of aromatic hydroxyl groups is 1. The first-order valence-corrected chi connectivity index (χ1v) is 6.73. The first kappa shape index (κ1) is 12.9. The largest absolute Gasteiger partial charge is 0.493 e. The zero-order valence-electron chi connectivity index (χ0n) is 10.1. The average molecular weight is 293 g/mol. The maximum Gasteiger partial charge on any atom is 0.215 e. The highest BCUT2D eigenvalue weighted by molar-refractivity contribution is 7.98. The van der Waals surface area contributed by atoms with Crippen molar-refractivity contribution in [3.05, 3.63) is 53.9 Å². The smallest absolute Gasteiger partial charge is 0.215 e. The van der Waals surface area contributed by atoms with Gasteiger partial charge in [0.25, 0.3) is 0 Å². The molecule has 20 heavy (non-hydrogen) atoms. The minimum absolute atomic E-state index is 0.0460. The van der Waals surface area contributed by atoms with Gasteiger partial charge in [0, 0.05) is 22.8 Å². The van der Waals surface area contributed by atoms with Crippen molar-refractivity contribution in [3.63, 3.8) is 0 Å². The minimum atomic E-state index is -0.878. The molecule has 0 fully saturated rings. The second kappa shape index (κ2) is 5.09. The van der Waals surface area contributed by atoms with Gasteiger partial charge in [-0.1, -0.05) is 6.07 Å². The van der Waals surface area contributed by atoms with Gasteiger partial charge in [-0.15, -0.1) is 11.8 Å². The van der Waals surface area contributed by atoms with Gasteiger partial charge in [-0.3, -0.25) is 0 Å².